The second-order valence-electron chi connectivity index (χ2n) is 4.86. The molecule has 104 valence electrons. The number of nitrogens with one attached hydrogen (secondary N) is 1. The lowest BCUT2D eigenvalue weighted by Crippen LogP contribution is -2.12. The molecule has 0 saturated heterocycles. The third-order valence-corrected chi connectivity index (χ3v) is 4.98. The average molecular weight is 298 g/mol. The minimum atomic E-state index is 0.0557. The van der Waals surface area contributed by atoms with Crippen LogP contribution < -0.4 is 5.32 Å². The van der Waals surface area contributed by atoms with Crippen molar-refractivity contribution in [2.45, 2.75) is 48.7 Å². The zero-order valence-electron chi connectivity index (χ0n) is 11.0. The van der Waals surface area contributed by atoms with Crippen LogP contribution in [0.25, 0.3) is 0 Å². The lowest BCUT2D eigenvalue weighted by atomic mass is 10.3. The monoisotopic (exact) mass is 297 g/mol. The highest BCUT2D eigenvalue weighted by Crippen LogP contribution is 2.37. The van der Waals surface area contributed by atoms with Crippen molar-refractivity contribution >= 4 is 35.0 Å². The zero-order valence-corrected chi connectivity index (χ0v) is 12.6. The first-order valence-electron chi connectivity index (χ1n) is 6.91. The molecule has 19 heavy (non-hydrogen) atoms. The van der Waals surface area contributed by atoms with E-state index in [0.717, 1.165) is 12.1 Å². The molecule has 0 unspecified atom stereocenters. The number of hydrogen-bond acceptors (Lipinski definition) is 2. The molecule has 0 atom stereocenters. The Hall–Kier alpha value is -0.670. The molecule has 1 aromatic rings. The maximum atomic E-state index is 11.8. The predicted molar refractivity (Wildman–Crippen MR) is 83.1 cm³/mol. The topological polar surface area (TPSA) is 29.1 Å². The molecule has 0 heterocycles. The fourth-order valence-electron chi connectivity index (χ4n) is 2.30. The number of benzene rings is 1. The van der Waals surface area contributed by atoms with E-state index in [1.165, 1.54) is 30.6 Å². The number of thioether (sulfide) groups is 1. The van der Waals surface area contributed by atoms with Crippen molar-refractivity contribution in [2.24, 2.45) is 0 Å². The quantitative estimate of drug-likeness (QED) is 0.773. The van der Waals surface area contributed by atoms with Crippen LogP contribution in [0.1, 0.15) is 38.5 Å². The molecule has 1 amide bonds. The molecule has 1 aromatic carbocycles. The highest BCUT2D eigenvalue weighted by Gasteiger charge is 2.17. The zero-order chi connectivity index (χ0) is 13.5. The summed E-state index contributed by atoms with van der Waals surface area (Å²) in [5.41, 5.74) is 0.943. The van der Waals surface area contributed by atoms with E-state index in [1.54, 1.807) is 0 Å². The Morgan fingerprint density at radius 3 is 2.79 bits per heavy atom. The normalized spacial score (nSPS) is 15.6. The lowest BCUT2D eigenvalue weighted by Gasteiger charge is -2.14. The number of carbonyl (C=O) groups excluding carboxylic acids is 1. The summed E-state index contributed by atoms with van der Waals surface area (Å²) in [6.07, 6.45) is 6.47. The van der Waals surface area contributed by atoms with Crippen molar-refractivity contribution in [3.05, 3.63) is 24.3 Å². The van der Waals surface area contributed by atoms with Crippen LogP contribution >= 0.6 is 23.4 Å². The van der Waals surface area contributed by atoms with E-state index in [-0.39, 0.29) is 5.91 Å². The number of halogens is 1. The van der Waals surface area contributed by atoms with Gasteiger partial charge in [-0.3, -0.25) is 4.79 Å². The summed E-state index contributed by atoms with van der Waals surface area (Å²) >= 11 is 7.51. The summed E-state index contributed by atoms with van der Waals surface area (Å²) in [4.78, 5) is 13.0. The molecular weight excluding hydrogens is 278 g/mol. The second-order valence-corrected chi connectivity index (χ2v) is 6.58. The van der Waals surface area contributed by atoms with Crippen molar-refractivity contribution in [3.63, 3.8) is 0 Å². The number of para-hydroxylation sites is 1. The number of alkyl halides is 1. The van der Waals surface area contributed by atoms with Gasteiger partial charge >= 0.3 is 0 Å². The molecule has 2 rings (SSSR count). The molecule has 1 aliphatic rings. The standard InChI is InChI=1S/C15H20ClNOS/c16-11-5-10-15(18)17-13-8-3-4-9-14(13)19-12-6-1-2-7-12/h3-4,8-9,12H,1-2,5-7,10-11H2,(H,17,18). The number of anilines is 1. The van der Waals surface area contributed by atoms with Crippen LogP contribution in [-0.2, 0) is 4.79 Å². The van der Waals surface area contributed by atoms with Gasteiger partial charge in [0.25, 0.3) is 0 Å². The van der Waals surface area contributed by atoms with Crippen molar-refractivity contribution in [3.8, 4) is 0 Å². The van der Waals surface area contributed by atoms with Crippen LogP contribution in [0.15, 0.2) is 29.2 Å². The smallest absolute Gasteiger partial charge is 0.224 e. The summed E-state index contributed by atoms with van der Waals surface area (Å²) in [5, 5.41) is 3.71. The Kier molecular flexibility index (Phi) is 6.05. The van der Waals surface area contributed by atoms with Gasteiger partial charge in [-0.2, -0.15) is 0 Å². The maximum Gasteiger partial charge on any atom is 0.224 e. The van der Waals surface area contributed by atoms with E-state index in [0.29, 0.717) is 17.6 Å². The van der Waals surface area contributed by atoms with Crippen LogP contribution in [0.3, 0.4) is 0 Å². The number of amides is 1. The Morgan fingerprint density at radius 2 is 2.05 bits per heavy atom. The van der Waals surface area contributed by atoms with Crippen LogP contribution in [-0.4, -0.2) is 17.0 Å². The van der Waals surface area contributed by atoms with Gasteiger partial charge in [0.1, 0.15) is 0 Å². The van der Waals surface area contributed by atoms with Gasteiger partial charge in [0.2, 0.25) is 5.91 Å². The van der Waals surface area contributed by atoms with Gasteiger partial charge in [0.15, 0.2) is 0 Å². The summed E-state index contributed by atoms with van der Waals surface area (Å²) < 4.78 is 0. The molecule has 0 aromatic heterocycles. The molecule has 4 heteroatoms. The first kappa shape index (κ1) is 14.7. The maximum absolute atomic E-state index is 11.8. The predicted octanol–water partition coefficient (Wildman–Crippen LogP) is 4.68. The fraction of sp³-hybridized carbons (Fsp3) is 0.533. The summed E-state index contributed by atoms with van der Waals surface area (Å²) in [7, 11) is 0. The largest absolute Gasteiger partial charge is 0.325 e. The van der Waals surface area contributed by atoms with Gasteiger partial charge in [0.05, 0.1) is 5.69 Å². The van der Waals surface area contributed by atoms with Gasteiger partial charge in [-0.15, -0.1) is 23.4 Å². The average Bonchev–Trinajstić information content (AvgIpc) is 2.91. The van der Waals surface area contributed by atoms with Crippen molar-refractivity contribution in [2.75, 3.05) is 11.2 Å². The molecular formula is C15H20ClNOS. The van der Waals surface area contributed by atoms with Crippen molar-refractivity contribution in [1.29, 1.82) is 0 Å². The number of rotatable bonds is 6. The molecule has 0 spiro atoms. The molecule has 2 nitrogen and oxygen atoms in total. The van der Waals surface area contributed by atoms with Gasteiger partial charge in [-0.25, -0.2) is 0 Å². The van der Waals surface area contributed by atoms with Crippen molar-refractivity contribution in [1.82, 2.24) is 0 Å². The highest BCUT2D eigenvalue weighted by atomic mass is 35.5. The summed E-state index contributed by atoms with van der Waals surface area (Å²) in [6, 6.07) is 8.08. The molecule has 0 radical (unpaired) electrons. The summed E-state index contributed by atoms with van der Waals surface area (Å²) in [5.74, 6) is 0.589. The number of carbonyl (C=O) groups is 1. The van der Waals surface area contributed by atoms with E-state index < -0.39 is 0 Å². The molecule has 1 saturated carbocycles. The van der Waals surface area contributed by atoms with Crippen molar-refractivity contribution < 1.29 is 4.79 Å². The Bertz CT molecular complexity index is 418. The molecule has 0 aliphatic heterocycles. The van der Waals surface area contributed by atoms with Crippen LogP contribution in [0.2, 0.25) is 0 Å². The first-order valence-corrected chi connectivity index (χ1v) is 8.32. The second kappa shape index (κ2) is 7.81. The van der Waals surface area contributed by atoms with Crippen LogP contribution in [0.5, 0.6) is 0 Å². The number of hydrogen-bond donors (Lipinski definition) is 1. The SMILES string of the molecule is O=C(CCCCl)Nc1ccccc1SC1CCCC1. The van der Waals surface area contributed by atoms with E-state index in [4.69, 9.17) is 11.6 Å². The minimum absolute atomic E-state index is 0.0557. The summed E-state index contributed by atoms with van der Waals surface area (Å²) in [6.45, 7) is 0. The molecule has 0 bridgehead atoms. The van der Waals surface area contributed by atoms with Crippen LogP contribution in [0.4, 0.5) is 5.69 Å². The van der Waals surface area contributed by atoms with Gasteiger partial charge in [0, 0.05) is 22.4 Å². The van der Waals surface area contributed by atoms with E-state index in [1.807, 2.05) is 30.0 Å². The minimum Gasteiger partial charge on any atom is -0.325 e. The fourth-order valence-corrected chi connectivity index (χ4v) is 3.76. The highest BCUT2D eigenvalue weighted by molar-refractivity contribution is 8.00. The Morgan fingerprint density at radius 1 is 1.32 bits per heavy atom. The van der Waals surface area contributed by atoms with Gasteiger partial charge in [-0.1, -0.05) is 25.0 Å². The Balaban J connectivity index is 1.97. The van der Waals surface area contributed by atoms with Crippen LogP contribution in [0, 0.1) is 0 Å². The van der Waals surface area contributed by atoms with E-state index in [9.17, 15) is 4.79 Å². The molecule has 1 aliphatic carbocycles. The van der Waals surface area contributed by atoms with Gasteiger partial charge in [-0.05, 0) is 31.4 Å². The first-order chi connectivity index (χ1) is 9.29. The van der Waals surface area contributed by atoms with E-state index >= 15 is 0 Å². The molecule has 1 fully saturated rings. The molecule has 1 N–H and O–H groups in total. The third kappa shape index (κ3) is 4.73. The van der Waals surface area contributed by atoms with E-state index in [2.05, 4.69) is 11.4 Å². The lowest BCUT2D eigenvalue weighted by molar-refractivity contribution is -0.116. The third-order valence-electron chi connectivity index (χ3n) is 3.29. The van der Waals surface area contributed by atoms with Gasteiger partial charge < -0.3 is 5.32 Å². The Labute approximate surface area is 124 Å².